The van der Waals surface area contributed by atoms with Crippen molar-refractivity contribution in [2.75, 3.05) is 19.7 Å². The molecule has 1 atom stereocenters. The number of ether oxygens (including phenoxy) is 1. The van der Waals surface area contributed by atoms with Crippen LogP contribution in [0.4, 0.5) is 0 Å². The second-order valence-corrected chi connectivity index (χ2v) is 2.07. The maximum absolute atomic E-state index is 5.34. The van der Waals surface area contributed by atoms with Gasteiger partial charge in [0.1, 0.15) is 0 Å². The van der Waals surface area contributed by atoms with E-state index < -0.39 is 0 Å². The van der Waals surface area contributed by atoms with Crippen molar-refractivity contribution < 1.29 is 10.2 Å². The van der Waals surface area contributed by atoms with Crippen molar-refractivity contribution >= 4 is 12.4 Å². The van der Waals surface area contributed by atoms with E-state index in [1.54, 1.807) is 0 Å². The minimum absolute atomic E-state index is 0. The van der Waals surface area contributed by atoms with Gasteiger partial charge in [-0.2, -0.15) is 0 Å². The van der Waals surface area contributed by atoms with Gasteiger partial charge in [-0.25, -0.2) is 0 Å². The molecule has 3 N–H and O–H groups in total. The molecular weight excluding hydrogens is 154 g/mol. The van der Waals surface area contributed by atoms with E-state index in [4.69, 9.17) is 4.74 Å². The molecule has 0 spiro atoms. The first-order valence-electron chi connectivity index (χ1n) is 3.26. The van der Waals surface area contributed by atoms with Crippen molar-refractivity contribution in [2.45, 2.75) is 19.4 Å². The highest BCUT2D eigenvalue weighted by Crippen LogP contribution is 2.01. The molecule has 0 saturated carbocycles. The van der Waals surface area contributed by atoms with Gasteiger partial charge in [-0.15, -0.1) is 12.4 Å². The van der Waals surface area contributed by atoms with Gasteiger partial charge < -0.3 is 15.5 Å². The number of hydrogen-bond donors (Lipinski definition) is 1. The van der Waals surface area contributed by atoms with Gasteiger partial charge in [0, 0.05) is 13.2 Å². The molecule has 4 heteroatoms. The first kappa shape index (κ1) is 12.8. The zero-order valence-corrected chi connectivity index (χ0v) is 7.04. The fraction of sp³-hybridized carbons (Fsp3) is 1.00. The Morgan fingerprint density at radius 3 is 2.70 bits per heavy atom. The molecule has 1 aliphatic rings. The maximum atomic E-state index is 5.34. The molecule has 0 amide bonds. The number of nitrogens with one attached hydrogen (secondary N) is 1. The Hall–Kier alpha value is 0.170. The Morgan fingerprint density at radius 1 is 1.60 bits per heavy atom. The van der Waals surface area contributed by atoms with Crippen LogP contribution in [-0.2, 0) is 4.74 Å². The lowest BCUT2D eigenvalue weighted by Gasteiger charge is -2.05. The third-order valence-corrected chi connectivity index (χ3v) is 1.42. The summed E-state index contributed by atoms with van der Waals surface area (Å²) in [5.74, 6) is 0. The SMILES string of the molecule is CCOC1CCNC1.Cl.O. The van der Waals surface area contributed by atoms with Crippen LogP contribution < -0.4 is 5.32 Å². The third kappa shape index (κ3) is 4.06. The summed E-state index contributed by atoms with van der Waals surface area (Å²) in [7, 11) is 0. The Balaban J connectivity index is 0. The zero-order valence-electron chi connectivity index (χ0n) is 6.22. The van der Waals surface area contributed by atoms with Gasteiger partial charge in [0.15, 0.2) is 0 Å². The van der Waals surface area contributed by atoms with Crippen LogP contribution in [-0.4, -0.2) is 31.3 Å². The molecule has 1 heterocycles. The largest absolute Gasteiger partial charge is 0.412 e. The van der Waals surface area contributed by atoms with E-state index in [0.29, 0.717) is 6.10 Å². The van der Waals surface area contributed by atoms with Crippen LogP contribution in [0.3, 0.4) is 0 Å². The van der Waals surface area contributed by atoms with E-state index in [9.17, 15) is 0 Å². The zero-order chi connectivity index (χ0) is 5.82. The lowest BCUT2D eigenvalue weighted by Crippen LogP contribution is -2.16. The second kappa shape index (κ2) is 7.28. The van der Waals surface area contributed by atoms with E-state index in [1.165, 1.54) is 6.42 Å². The van der Waals surface area contributed by atoms with Crippen LogP contribution in [0.25, 0.3) is 0 Å². The third-order valence-electron chi connectivity index (χ3n) is 1.42. The van der Waals surface area contributed by atoms with Gasteiger partial charge >= 0.3 is 0 Å². The van der Waals surface area contributed by atoms with Gasteiger partial charge in [0.25, 0.3) is 0 Å². The van der Waals surface area contributed by atoms with E-state index in [2.05, 4.69) is 5.32 Å². The molecule has 1 fully saturated rings. The fourth-order valence-electron chi connectivity index (χ4n) is 1.01. The van der Waals surface area contributed by atoms with Gasteiger partial charge in [0.05, 0.1) is 6.10 Å². The molecule has 1 saturated heterocycles. The molecule has 0 aromatic rings. The average molecular weight is 170 g/mol. The summed E-state index contributed by atoms with van der Waals surface area (Å²) in [6, 6.07) is 0. The van der Waals surface area contributed by atoms with E-state index in [-0.39, 0.29) is 17.9 Å². The lowest BCUT2D eigenvalue weighted by atomic mass is 10.3. The highest BCUT2D eigenvalue weighted by molar-refractivity contribution is 5.85. The number of rotatable bonds is 2. The molecule has 0 bridgehead atoms. The molecule has 1 unspecified atom stereocenters. The van der Waals surface area contributed by atoms with Crippen molar-refractivity contribution in [3.8, 4) is 0 Å². The predicted octanol–water partition coefficient (Wildman–Crippen LogP) is -0.0181. The van der Waals surface area contributed by atoms with Crippen LogP contribution >= 0.6 is 12.4 Å². The summed E-state index contributed by atoms with van der Waals surface area (Å²) in [6.07, 6.45) is 1.69. The quantitative estimate of drug-likeness (QED) is 0.632. The van der Waals surface area contributed by atoms with E-state index in [1.807, 2.05) is 6.92 Å². The molecule has 1 rings (SSSR count). The van der Waals surface area contributed by atoms with Gasteiger partial charge in [-0.05, 0) is 19.9 Å². The molecule has 0 radical (unpaired) electrons. The fourth-order valence-corrected chi connectivity index (χ4v) is 1.01. The first-order chi connectivity index (χ1) is 3.93. The standard InChI is InChI=1S/C6H13NO.ClH.H2O/c1-2-8-6-3-4-7-5-6;;/h6-7H,2-5H2,1H3;1H;1H2. The van der Waals surface area contributed by atoms with Crippen molar-refractivity contribution in [3.63, 3.8) is 0 Å². The van der Waals surface area contributed by atoms with E-state index in [0.717, 1.165) is 19.7 Å². The lowest BCUT2D eigenvalue weighted by molar-refractivity contribution is 0.0775. The molecule has 10 heavy (non-hydrogen) atoms. The Morgan fingerprint density at radius 2 is 2.30 bits per heavy atom. The van der Waals surface area contributed by atoms with Gasteiger partial charge in [-0.3, -0.25) is 0 Å². The number of halogens is 1. The Labute approximate surface area is 67.9 Å². The molecule has 0 aliphatic carbocycles. The summed E-state index contributed by atoms with van der Waals surface area (Å²) in [6.45, 7) is 5.07. The molecule has 1 aliphatic heterocycles. The van der Waals surface area contributed by atoms with Crippen LogP contribution in [0.2, 0.25) is 0 Å². The molecule has 0 aromatic heterocycles. The van der Waals surface area contributed by atoms with Crippen molar-refractivity contribution in [2.24, 2.45) is 0 Å². The van der Waals surface area contributed by atoms with Crippen LogP contribution in [0.5, 0.6) is 0 Å². The van der Waals surface area contributed by atoms with Crippen molar-refractivity contribution in [1.29, 1.82) is 0 Å². The van der Waals surface area contributed by atoms with Crippen LogP contribution in [0, 0.1) is 0 Å². The molecule has 3 nitrogen and oxygen atoms in total. The van der Waals surface area contributed by atoms with Crippen molar-refractivity contribution in [1.82, 2.24) is 5.32 Å². The molecule has 64 valence electrons. The summed E-state index contributed by atoms with van der Waals surface area (Å²) < 4.78 is 5.34. The maximum Gasteiger partial charge on any atom is 0.0711 e. The first-order valence-corrected chi connectivity index (χ1v) is 3.26. The number of hydrogen-bond acceptors (Lipinski definition) is 2. The minimum Gasteiger partial charge on any atom is -0.412 e. The summed E-state index contributed by atoms with van der Waals surface area (Å²) in [5, 5.41) is 3.23. The highest BCUT2D eigenvalue weighted by atomic mass is 35.5. The van der Waals surface area contributed by atoms with Gasteiger partial charge in [-0.1, -0.05) is 0 Å². The molecule has 0 aromatic carbocycles. The molecular formula is C6H16ClNO2. The predicted molar refractivity (Wildman–Crippen MR) is 43.8 cm³/mol. The average Bonchev–Trinajstić information content (AvgIpc) is 2.19. The minimum atomic E-state index is 0. The Bertz CT molecular complexity index is 66.8. The van der Waals surface area contributed by atoms with E-state index >= 15 is 0 Å². The Kier molecular flexibility index (Phi) is 9.33. The second-order valence-electron chi connectivity index (χ2n) is 2.07. The highest BCUT2D eigenvalue weighted by Gasteiger charge is 2.12. The summed E-state index contributed by atoms with van der Waals surface area (Å²) in [5.41, 5.74) is 0. The van der Waals surface area contributed by atoms with Crippen LogP contribution in [0.1, 0.15) is 13.3 Å². The smallest absolute Gasteiger partial charge is 0.0711 e. The van der Waals surface area contributed by atoms with Crippen LogP contribution in [0.15, 0.2) is 0 Å². The summed E-state index contributed by atoms with van der Waals surface area (Å²) in [4.78, 5) is 0. The van der Waals surface area contributed by atoms with Crippen molar-refractivity contribution in [3.05, 3.63) is 0 Å². The normalized spacial score (nSPS) is 23.1. The monoisotopic (exact) mass is 169 g/mol. The summed E-state index contributed by atoms with van der Waals surface area (Å²) >= 11 is 0. The van der Waals surface area contributed by atoms with Gasteiger partial charge in [0.2, 0.25) is 0 Å². The topological polar surface area (TPSA) is 52.8 Å².